The molecule has 0 aromatic heterocycles. The molecule has 6 atom stereocenters. The lowest BCUT2D eigenvalue weighted by Gasteiger charge is -2.37. The molecule has 3 heterocycles. The zero-order chi connectivity index (χ0) is 24.8. The highest BCUT2D eigenvalue weighted by molar-refractivity contribution is 8.02. The molecule has 1 aromatic rings. The fourth-order valence-electron chi connectivity index (χ4n) is 5.72. The molecule has 3 amide bonds. The summed E-state index contributed by atoms with van der Waals surface area (Å²) in [6.45, 7) is 9.69. The van der Waals surface area contributed by atoms with Crippen LogP contribution in [0.15, 0.2) is 24.3 Å². The molecule has 2 unspecified atom stereocenters. The number of rotatable bonds is 7. The summed E-state index contributed by atoms with van der Waals surface area (Å²) in [5, 5.41) is 15.9. The summed E-state index contributed by atoms with van der Waals surface area (Å²) in [4.78, 5) is 42.3. The van der Waals surface area contributed by atoms with Gasteiger partial charge < -0.3 is 25.4 Å². The first kappa shape index (κ1) is 24.9. The number of carbonyl (C=O) groups is 3. The molecule has 3 aliphatic rings. The number of amides is 3. The smallest absolute Gasteiger partial charge is 0.244 e. The standard InChI is InChI=1S/C25H35N3O5S/c1-6-33-16-9-7-15(8-10-16)26-21(30)18-17-11-12-25(34-17)19(18)23(32)28(14(2)13-29)20(25)22(31)27-24(3,4)5/h7-10,14,17-20,29H,6,11-13H2,1-5H3,(H,26,30)(H,27,31)/t14-,17+,18-,19+,20?,25?/m1/s1. The molecule has 0 saturated carbocycles. The summed E-state index contributed by atoms with van der Waals surface area (Å²) < 4.78 is 4.80. The molecule has 186 valence electrons. The van der Waals surface area contributed by atoms with Crippen LogP contribution in [0.25, 0.3) is 0 Å². The van der Waals surface area contributed by atoms with Gasteiger partial charge in [-0.2, -0.15) is 0 Å². The first-order valence-corrected chi connectivity index (χ1v) is 12.9. The zero-order valence-electron chi connectivity index (χ0n) is 20.5. The number of hydrogen-bond donors (Lipinski definition) is 3. The van der Waals surface area contributed by atoms with Gasteiger partial charge in [0.2, 0.25) is 17.7 Å². The molecule has 3 aliphatic heterocycles. The fourth-order valence-corrected chi connectivity index (χ4v) is 7.92. The van der Waals surface area contributed by atoms with Crippen molar-refractivity contribution in [2.45, 2.75) is 75.1 Å². The van der Waals surface area contributed by atoms with Crippen molar-refractivity contribution in [1.82, 2.24) is 10.2 Å². The summed E-state index contributed by atoms with van der Waals surface area (Å²) in [6.07, 6.45) is 1.47. The third-order valence-corrected chi connectivity index (χ3v) is 8.91. The van der Waals surface area contributed by atoms with Gasteiger partial charge in [-0.15, -0.1) is 11.8 Å². The average Bonchev–Trinajstić information content (AvgIpc) is 3.40. The van der Waals surface area contributed by atoms with Crippen LogP contribution >= 0.6 is 11.8 Å². The van der Waals surface area contributed by atoms with Crippen LogP contribution in [-0.2, 0) is 14.4 Å². The highest BCUT2D eigenvalue weighted by Crippen LogP contribution is 2.66. The molecule has 34 heavy (non-hydrogen) atoms. The normalized spacial score (nSPS) is 30.8. The molecule has 1 spiro atoms. The number of nitrogens with zero attached hydrogens (tertiary/aromatic N) is 1. The Morgan fingerprint density at radius 1 is 1.26 bits per heavy atom. The highest BCUT2D eigenvalue weighted by Gasteiger charge is 2.74. The minimum Gasteiger partial charge on any atom is -0.494 e. The van der Waals surface area contributed by atoms with E-state index in [1.54, 1.807) is 43.0 Å². The van der Waals surface area contributed by atoms with Gasteiger partial charge in [-0.25, -0.2) is 0 Å². The Morgan fingerprint density at radius 2 is 1.94 bits per heavy atom. The number of ether oxygens (including phenoxy) is 1. The van der Waals surface area contributed by atoms with E-state index in [1.165, 1.54) is 4.90 Å². The maximum absolute atomic E-state index is 13.8. The molecule has 3 N–H and O–H groups in total. The Labute approximate surface area is 205 Å². The maximum atomic E-state index is 13.8. The first-order chi connectivity index (χ1) is 16.0. The molecule has 9 heteroatoms. The van der Waals surface area contributed by atoms with Crippen molar-refractivity contribution in [1.29, 1.82) is 0 Å². The minimum atomic E-state index is -0.718. The van der Waals surface area contributed by atoms with E-state index in [2.05, 4.69) is 10.6 Å². The van der Waals surface area contributed by atoms with Crippen LogP contribution in [0.2, 0.25) is 0 Å². The van der Waals surface area contributed by atoms with Gasteiger partial charge in [-0.1, -0.05) is 0 Å². The van der Waals surface area contributed by atoms with Gasteiger partial charge >= 0.3 is 0 Å². The minimum absolute atomic E-state index is 0.0202. The lowest BCUT2D eigenvalue weighted by atomic mass is 9.70. The number of thioether (sulfide) groups is 1. The van der Waals surface area contributed by atoms with Crippen LogP contribution in [0.3, 0.4) is 0 Å². The number of fused-ring (bicyclic) bond motifs is 1. The third-order valence-electron chi connectivity index (χ3n) is 6.96. The Balaban J connectivity index is 1.63. The number of likely N-dealkylation sites (tertiary alicyclic amines) is 1. The van der Waals surface area contributed by atoms with E-state index in [-0.39, 0.29) is 29.6 Å². The quantitative estimate of drug-likeness (QED) is 0.543. The predicted octanol–water partition coefficient (Wildman–Crippen LogP) is 2.41. The zero-order valence-corrected chi connectivity index (χ0v) is 21.3. The molecule has 0 radical (unpaired) electrons. The van der Waals surface area contributed by atoms with Crippen LogP contribution in [0.1, 0.15) is 47.5 Å². The lowest BCUT2D eigenvalue weighted by molar-refractivity contribution is -0.142. The van der Waals surface area contributed by atoms with Crippen molar-refractivity contribution in [3.05, 3.63) is 24.3 Å². The molecule has 1 aromatic carbocycles. The molecule has 3 saturated heterocycles. The van der Waals surface area contributed by atoms with Crippen molar-refractivity contribution < 1.29 is 24.2 Å². The van der Waals surface area contributed by atoms with Crippen molar-refractivity contribution in [2.75, 3.05) is 18.5 Å². The summed E-state index contributed by atoms with van der Waals surface area (Å²) >= 11 is 1.62. The number of anilines is 1. The van der Waals surface area contributed by atoms with E-state index < -0.39 is 34.2 Å². The third kappa shape index (κ3) is 4.17. The van der Waals surface area contributed by atoms with Gasteiger partial charge in [0.05, 0.1) is 35.8 Å². The van der Waals surface area contributed by atoms with Gasteiger partial charge in [0, 0.05) is 16.5 Å². The van der Waals surface area contributed by atoms with Gasteiger partial charge in [0.15, 0.2) is 0 Å². The van der Waals surface area contributed by atoms with Crippen LogP contribution in [0.5, 0.6) is 5.75 Å². The van der Waals surface area contributed by atoms with Gasteiger partial charge in [0.1, 0.15) is 11.8 Å². The largest absolute Gasteiger partial charge is 0.494 e. The van der Waals surface area contributed by atoms with E-state index in [4.69, 9.17) is 4.74 Å². The first-order valence-electron chi connectivity index (χ1n) is 12.0. The Bertz CT molecular complexity index is 962. The van der Waals surface area contributed by atoms with Crippen LogP contribution in [-0.4, -0.2) is 68.6 Å². The van der Waals surface area contributed by atoms with Gasteiger partial charge in [-0.05, 0) is 71.7 Å². The van der Waals surface area contributed by atoms with Crippen LogP contribution < -0.4 is 15.4 Å². The second kappa shape index (κ2) is 9.07. The summed E-state index contributed by atoms with van der Waals surface area (Å²) in [6, 6.07) is 5.94. The second-order valence-corrected chi connectivity index (χ2v) is 12.1. The predicted molar refractivity (Wildman–Crippen MR) is 132 cm³/mol. The molecule has 8 nitrogen and oxygen atoms in total. The van der Waals surface area contributed by atoms with Gasteiger partial charge in [-0.3, -0.25) is 14.4 Å². The number of benzene rings is 1. The Hall–Kier alpha value is -2.26. The van der Waals surface area contributed by atoms with Crippen molar-refractivity contribution in [3.63, 3.8) is 0 Å². The monoisotopic (exact) mass is 489 g/mol. The molecule has 2 bridgehead atoms. The molecule has 4 rings (SSSR count). The van der Waals surface area contributed by atoms with Crippen molar-refractivity contribution in [3.8, 4) is 5.75 Å². The highest BCUT2D eigenvalue weighted by atomic mass is 32.2. The molecular formula is C25H35N3O5S. The van der Waals surface area contributed by atoms with E-state index in [1.807, 2.05) is 27.7 Å². The molecular weight excluding hydrogens is 454 g/mol. The van der Waals surface area contributed by atoms with Crippen LogP contribution in [0.4, 0.5) is 5.69 Å². The number of aliphatic hydroxyl groups is 1. The second-order valence-electron chi connectivity index (χ2n) is 10.5. The van der Waals surface area contributed by atoms with E-state index in [0.717, 1.165) is 12.2 Å². The Kier molecular flexibility index (Phi) is 6.63. The van der Waals surface area contributed by atoms with E-state index in [9.17, 15) is 19.5 Å². The van der Waals surface area contributed by atoms with E-state index in [0.29, 0.717) is 18.7 Å². The van der Waals surface area contributed by atoms with Crippen molar-refractivity contribution >= 4 is 35.2 Å². The summed E-state index contributed by atoms with van der Waals surface area (Å²) in [5.41, 5.74) is 0.178. The van der Waals surface area contributed by atoms with Gasteiger partial charge in [0.25, 0.3) is 0 Å². The molecule has 0 aliphatic carbocycles. The number of aliphatic hydroxyl groups excluding tert-OH is 1. The summed E-state index contributed by atoms with van der Waals surface area (Å²) in [7, 11) is 0. The average molecular weight is 490 g/mol. The molecule has 3 fully saturated rings. The number of hydrogen-bond acceptors (Lipinski definition) is 6. The topological polar surface area (TPSA) is 108 Å². The van der Waals surface area contributed by atoms with Crippen LogP contribution in [0, 0.1) is 11.8 Å². The Morgan fingerprint density at radius 3 is 2.53 bits per heavy atom. The maximum Gasteiger partial charge on any atom is 0.244 e. The SMILES string of the molecule is CCOc1ccc(NC(=O)[C@@H]2[C@@H]3CCC4(S3)C(C(=O)NC(C)(C)C)N([C@H](C)CO)C(=O)[C@H]24)cc1. The van der Waals surface area contributed by atoms with Crippen molar-refractivity contribution in [2.24, 2.45) is 11.8 Å². The number of carbonyl (C=O) groups excluding carboxylic acids is 3. The fraction of sp³-hybridized carbons (Fsp3) is 0.640. The van der Waals surface area contributed by atoms with E-state index >= 15 is 0 Å². The lowest BCUT2D eigenvalue weighted by Crippen LogP contribution is -2.58. The number of nitrogens with one attached hydrogen (secondary N) is 2. The summed E-state index contributed by atoms with van der Waals surface area (Å²) in [5.74, 6) is -1.03.